The van der Waals surface area contributed by atoms with Crippen LogP contribution in [0.15, 0.2) is 24.4 Å². The SMILES string of the molecule is COc1nc(N2CCOCC2SCO)cc(-n2ncc3cc(C)c(C4CCN(C5CCOC5)CC4)cc32)n1. The topological polar surface area (TPSA) is 98.0 Å². The number of aliphatic hydroxyl groups is 1. The molecule has 38 heavy (non-hydrogen) atoms. The zero-order valence-electron chi connectivity index (χ0n) is 22.1. The van der Waals surface area contributed by atoms with Gasteiger partial charge in [-0.2, -0.15) is 15.1 Å². The van der Waals surface area contributed by atoms with E-state index >= 15 is 0 Å². The highest BCUT2D eigenvalue weighted by Crippen LogP contribution is 2.35. The fourth-order valence-electron chi connectivity index (χ4n) is 6.03. The minimum Gasteiger partial charge on any atom is -0.467 e. The van der Waals surface area contributed by atoms with E-state index in [0.717, 1.165) is 62.3 Å². The maximum Gasteiger partial charge on any atom is 0.320 e. The second kappa shape index (κ2) is 11.4. The Morgan fingerprint density at radius 3 is 2.61 bits per heavy atom. The summed E-state index contributed by atoms with van der Waals surface area (Å²) >= 11 is 1.42. The standard InChI is InChI=1S/C27H36N6O4S/c1-18-11-20-14-28-33(23(20)12-22(18)19-3-6-31(7-4-19)21-5-9-36-15-21)25-13-24(29-27(30-25)35-2)32-8-10-37-16-26(32)38-17-34/h11-14,19,21,26,34H,3-10,15-17H2,1-2H3. The van der Waals surface area contributed by atoms with Gasteiger partial charge >= 0.3 is 6.01 Å². The van der Waals surface area contributed by atoms with Crippen molar-refractivity contribution in [2.45, 2.75) is 43.5 Å². The Bertz CT molecular complexity index is 1260. The third-order valence-electron chi connectivity index (χ3n) is 8.07. The Kier molecular flexibility index (Phi) is 7.71. The number of benzene rings is 1. The molecule has 0 spiro atoms. The van der Waals surface area contributed by atoms with Gasteiger partial charge in [0.15, 0.2) is 5.82 Å². The van der Waals surface area contributed by atoms with Gasteiger partial charge in [0.05, 0.1) is 44.6 Å². The van der Waals surface area contributed by atoms with Crippen molar-refractivity contribution in [2.24, 2.45) is 0 Å². The van der Waals surface area contributed by atoms with Crippen LogP contribution in [-0.2, 0) is 9.47 Å². The first-order valence-electron chi connectivity index (χ1n) is 13.4. The predicted molar refractivity (Wildman–Crippen MR) is 147 cm³/mol. The average molecular weight is 541 g/mol. The number of hydrogen-bond acceptors (Lipinski definition) is 10. The summed E-state index contributed by atoms with van der Waals surface area (Å²) < 4.78 is 18.7. The van der Waals surface area contributed by atoms with Crippen LogP contribution in [0.4, 0.5) is 5.82 Å². The highest BCUT2D eigenvalue weighted by molar-refractivity contribution is 7.99. The van der Waals surface area contributed by atoms with Crippen molar-refractivity contribution in [3.05, 3.63) is 35.5 Å². The van der Waals surface area contributed by atoms with E-state index in [-0.39, 0.29) is 17.3 Å². The second-order valence-electron chi connectivity index (χ2n) is 10.2. The van der Waals surface area contributed by atoms with Crippen molar-refractivity contribution in [1.29, 1.82) is 0 Å². The summed E-state index contributed by atoms with van der Waals surface area (Å²) in [7, 11) is 1.58. The summed E-state index contributed by atoms with van der Waals surface area (Å²) in [5.74, 6) is 1.94. The lowest BCUT2D eigenvalue weighted by Crippen LogP contribution is -2.44. The smallest absolute Gasteiger partial charge is 0.320 e. The molecule has 0 aliphatic carbocycles. The van der Waals surface area contributed by atoms with Crippen molar-refractivity contribution in [2.75, 3.05) is 64.0 Å². The molecule has 10 nitrogen and oxygen atoms in total. The van der Waals surface area contributed by atoms with Gasteiger partial charge in [0, 0.05) is 30.6 Å². The molecule has 6 rings (SSSR count). The van der Waals surface area contributed by atoms with Crippen LogP contribution >= 0.6 is 11.8 Å². The van der Waals surface area contributed by atoms with Crippen LogP contribution < -0.4 is 9.64 Å². The van der Waals surface area contributed by atoms with Gasteiger partial charge in [-0.15, -0.1) is 11.8 Å². The van der Waals surface area contributed by atoms with Crippen LogP contribution in [0, 0.1) is 6.92 Å². The van der Waals surface area contributed by atoms with Crippen molar-refractivity contribution in [3.8, 4) is 11.8 Å². The van der Waals surface area contributed by atoms with Crippen LogP contribution in [0.3, 0.4) is 0 Å². The lowest BCUT2D eigenvalue weighted by Gasteiger charge is -2.36. The zero-order valence-corrected chi connectivity index (χ0v) is 22.9. The molecule has 1 aromatic carbocycles. The maximum atomic E-state index is 9.53. The summed E-state index contributed by atoms with van der Waals surface area (Å²) in [6.07, 6.45) is 5.37. The molecule has 0 radical (unpaired) electrons. The van der Waals surface area contributed by atoms with Crippen LogP contribution in [0.1, 0.15) is 36.3 Å². The van der Waals surface area contributed by atoms with E-state index in [4.69, 9.17) is 19.3 Å². The summed E-state index contributed by atoms with van der Waals surface area (Å²) in [4.78, 5) is 14.1. The molecule has 3 fully saturated rings. The molecule has 2 atom stereocenters. The van der Waals surface area contributed by atoms with Crippen LogP contribution in [0.25, 0.3) is 16.7 Å². The molecule has 3 aliphatic heterocycles. The van der Waals surface area contributed by atoms with Gasteiger partial charge in [0.25, 0.3) is 0 Å². The molecule has 0 saturated carbocycles. The van der Waals surface area contributed by atoms with Crippen molar-refractivity contribution in [3.63, 3.8) is 0 Å². The minimum atomic E-state index is -0.0357. The van der Waals surface area contributed by atoms with Crippen molar-refractivity contribution >= 4 is 28.5 Å². The van der Waals surface area contributed by atoms with Gasteiger partial charge in [-0.3, -0.25) is 4.90 Å². The number of piperidine rings is 1. The molecule has 0 bridgehead atoms. The molecule has 2 aromatic heterocycles. The number of thioether (sulfide) groups is 1. The molecule has 3 saturated heterocycles. The van der Waals surface area contributed by atoms with E-state index in [2.05, 4.69) is 38.8 Å². The summed E-state index contributed by atoms with van der Waals surface area (Å²) in [6, 6.07) is 7.39. The third kappa shape index (κ3) is 5.10. The minimum absolute atomic E-state index is 0.0128. The Morgan fingerprint density at radius 1 is 1.03 bits per heavy atom. The molecule has 2 unspecified atom stereocenters. The van der Waals surface area contributed by atoms with Crippen molar-refractivity contribution < 1.29 is 19.3 Å². The second-order valence-corrected chi connectivity index (χ2v) is 11.4. The number of hydrogen-bond donors (Lipinski definition) is 1. The monoisotopic (exact) mass is 540 g/mol. The number of ether oxygens (including phenoxy) is 3. The number of morpholine rings is 1. The fraction of sp³-hybridized carbons (Fsp3) is 0.593. The van der Waals surface area contributed by atoms with Gasteiger partial charge in [-0.1, -0.05) is 0 Å². The normalized spacial score (nSPS) is 23.4. The first-order chi connectivity index (χ1) is 18.6. The quantitative estimate of drug-likeness (QED) is 0.451. The molecule has 5 heterocycles. The maximum absolute atomic E-state index is 9.53. The first kappa shape index (κ1) is 25.8. The largest absolute Gasteiger partial charge is 0.467 e. The van der Waals surface area contributed by atoms with Crippen LogP contribution in [0.2, 0.25) is 0 Å². The molecule has 3 aromatic rings. The summed E-state index contributed by atoms with van der Waals surface area (Å²) in [6.45, 7) is 8.02. The molecular weight excluding hydrogens is 504 g/mol. The average Bonchev–Trinajstić information content (AvgIpc) is 3.63. The molecular formula is C27H36N6O4S. The van der Waals surface area contributed by atoms with Crippen molar-refractivity contribution in [1.82, 2.24) is 24.6 Å². The molecule has 204 valence electrons. The number of aliphatic hydroxyl groups excluding tert-OH is 1. The Hall–Kier alpha value is -2.44. The first-order valence-corrected chi connectivity index (χ1v) is 14.5. The lowest BCUT2D eigenvalue weighted by atomic mass is 9.86. The highest BCUT2D eigenvalue weighted by Gasteiger charge is 2.30. The number of anilines is 1. The number of aryl methyl sites for hydroxylation is 1. The Morgan fingerprint density at radius 2 is 1.84 bits per heavy atom. The molecule has 0 amide bonds. The third-order valence-corrected chi connectivity index (χ3v) is 9.00. The van der Waals surface area contributed by atoms with E-state index in [9.17, 15) is 5.11 Å². The van der Waals surface area contributed by atoms with E-state index in [1.54, 1.807) is 7.11 Å². The van der Waals surface area contributed by atoms with Crippen LogP contribution in [0.5, 0.6) is 6.01 Å². The number of rotatable bonds is 7. The van der Waals surface area contributed by atoms with E-state index in [1.165, 1.54) is 22.9 Å². The Labute approximate surface area is 227 Å². The number of methoxy groups -OCH3 is 1. The highest BCUT2D eigenvalue weighted by atomic mass is 32.2. The summed E-state index contributed by atoms with van der Waals surface area (Å²) in [5, 5.41) is 15.3. The predicted octanol–water partition coefficient (Wildman–Crippen LogP) is 2.95. The van der Waals surface area contributed by atoms with E-state index < -0.39 is 0 Å². The fourth-order valence-corrected chi connectivity index (χ4v) is 6.79. The Balaban J connectivity index is 1.31. The van der Waals surface area contributed by atoms with E-state index in [1.807, 2.05) is 16.9 Å². The van der Waals surface area contributed by atoms with Crippen LogP contribution in [-0.4, -0.2) is 100 Å². The molecule has 11 heteroatoms. The van der Waals surface area contributed by atoms with Gasteiger partial charge in [-0.25, -0.2) is 4.68 Å². The number of nitrogens with zero attached hydrogens (tertiary/aromatic N) is 6. The van der Waals surface area contributed by atoms with Gasteiger partial charge in [0.2, 0.25) is 0 Å². The lowest BCUT2D eigenvalue weighted by molar-refractivity contribution is 0.114. The number of aromatic nitrogens is 4. The molecule has 3 aliphatic rings. The summed E-state index contributed by atoms with van der Waals surface area (Å²) in [5.41, 5.74) is 3.75. The molecule has 1 N–H and O–H groups in total. The van der Waals surface area contributed by atoms with E-state index in [0.29, 0.717) is 37.5 Å². The van der Waals surface area contributed by atoms with Gasteiger partial charge in [-0.05, 0) is 68.5 Å². The zero-order chi connectivity index (χ0) is 26.1. The number of likely N-dealkylation sites (tertiary alicyclic amines) is 1. The van der Waals surface area contributed by atoms with Gasteiger partial charge < -0.3 is 24.2 Å². The number of fused-ring (bicyclic) bond motifs is 1. The van der Waals surface area contributed by atoms with Gasteiger partial charge in [0.1, 0.15) is 11.2 Å².